The van der Waals surface area contributed by atoms with Crippen molar-refractivity contribution in [2.75, 3.05) is 18.1 Å². The van der Waals surface area contributed by atoms with Crippen LogP contribution >= 0.6 is 23.1 Å². The SMILES string of the molecule is O=C1C(=O)N(c2nnc(SCc3ccc(F)cc3)s2)[C@H](c2ccccc2F)C1=C(O)c1ccc2c(c1)OCCO2. The van der Waals surface area contributed by atoms with Crippen LogP contribution in [0.15, 0.2) is 76.6 Å². The van der Waals surface area contributed by atoms with Crippen LogP contribution in [0.5, 0.6) is 11.5 Å². The van der Waals surface area contributed by atoms with Crippen molar-refractivity contribution in [3.05, 3.63) is 101 Å². The maximum absolute atomic E-state index is 15.1. The number of fused-ring (bicyclic) bond motifs is 1. The van der Waals surface area contributed by atoms with E-state index in [1.165, 1.54) is 54.2 Å². The van der Waals surface area contributed by atoms with Gasteiger partial charge in [0.1, 0.15) is 36.6 Å². The Hall–Kier alpha value is -4.29. The van der Waals surface area contributed by atoms with E-state index in [1.807, 2.05) is 0 Å². The molecular weight excluding hydrogens is 560 g/mol. The monoisotopic (exact) mass is 579 g/mol. The van der Waals surface area contributed by atoms with E-state index >= 15 is 4.39 Å². The third-order valence-electron chi connectivity index (χ3n) is 6.34. The van der Waals surface area contributed by atoms with E-state index in [0.717, 1.165) is 21.8 Å². The van der Waals surface area contributed by atoms with Crippen LogP contribution in [0, 0.1) is 11.6 Å². The van der Waals surface area contributed by atoms with Gasteiger partial charge >= 0.3 is 5.91 Å². The average Bonchev–Trinajstić information content (AvgIpc) is 3.54. The van der Waals surface area contributed by atoms with Crippen LogP contribution < -0.4 is 14.4 Å². The largest absolute Gasteiger partial charge is 0.507 e. The molecule has 0 bridgehead atoms. The number of thioether (sulfide) groups is 1. The number of aliphatic hydroxyl groups excluding tert-OH is 1. The van der Waals surface area contributed by atoms with Crippen LogP contribution in [0.3, 0.4) is 0 Å². The van der Waals surface area contributed by atoms with E-state index in [9.17, 15) is 19.1 Å². The lowest BCUT2D eigenvalue weighted by Crippen LogP contribution is -2.29. The molecule has 1 atom stereocenters. The number of carbonyl (C=O) groups is 2. The van der Waals surface area contributed by atoms with Gasteiger partial charge in [0, 0.05) is 16.9 Å². The Bertz CT molecular complexity index is 1660. The highest BCUT2D eigenvalue weighted by Crippen LogP contribution is 2.45. The van der Waals surface area contributed by atoms with E-state index in [1.54, 1.807) is 24.3 Å². The Morgan fingerprint density at radius 2 is 1.75 bits per heavy atom. The number of nitrogens with zero attached hydrogens (tertiary/aromatic N) is 3. The van der Waals surface area contributed by atoms with Gasteiger partial charge in [-0.15, -0.1) is 10.2 Å². The molecule has 3 heterocycles. The summed E-state index contributed by atoms with van der Waals surface area (Å²) in [5.41, 5.74) is 0.782. The molecule has 1 fully saturated rings. The molecule has 8 nitrogen and oxygen atoms in total. The number of aliphatic hydroxyl groups is 1. The molecule has 1 saturated heterocycles. The van der Waals surface area contributed by atoms with Crippen molar-refractivity contribution in [1.82, 2.24) is 10.2 Å². The zero-order chi connectivity index (χ0) is 27.8. The number of rotatable bonds is 6. The maximum atomic E-state index is 15.1. The fourth-order valence-electron chi connectivity index (χ4n) is 4.45. The van der Waals surface area contributed by atoms with Gasteiger partial charge in [0.15, 0.2) is 15.8 Å². The standard InChI is InChI=1S/C28H19F2N3O5S2/c29-17-8-5-15(6-9-17)14-39-28-32-31-27(40-28)33-23(18-3-1-2-4-19(18)30)22(25(35)26(33)36)24(34)16-7-10-20-21(13-16)38-12-11-37-20/h1-10,13,23,34H,11-12,14H2/t23-/m1/s1. The minimum absolute atomic E-state index is 0.0107. The highest BCUT2D eigenvalue weighted by Gasteiger charge is 2.49. The summed E-state index contributed by atoms with van der Waals surface area (Å²) in [5.74, 6) is -2.13. The van der Waals surface area contributed by atoms with Gasteiger partial charge in [-0.2, -0.15) is 0 Å². The molecular formula is C28H19F2N3O5S2. The number of aromatic nitrogens is 2. The van der Waals surface area contributed by atoms with Crippen LogP contribution in [-0.4, -0.2) is 40.2 Å². The lowest BCUT2D eigenvalue weighted by Gasteiger charge is -2.23. The first-order chi connectivity index (χ1) is 19.4. The summed E-state index contributed by atoms with van der Waals surface area (Å²) < 4.78 is 40.0. The van der Waals surface area contributed by atoms with Crippen molar-refractivity contribution < 1.29 is 33.0 Å². The molecule has 0 radical (unpaired) electrons. The molecule has 1 amide bonds. The summed E-state index contributed by atoms with van der Waals surface area (Å²) >= 11 is 2.36. The summed E-state index contributed by atoms with van der Waals surface area (Å²) in [7, 11) is 0. The minimum Gasteiger partial charge on any atom is -0.507 e. The fraction of sp³-hybridized carbons (Fsp3) is 0.143. The molecule has 0 saturated carbocycles. The van der Waals surface area contributed by atoms with Gasteiger partial charge < -0.3 is 14.6 Å². The Balaban J connectivity index is 1.39. The molecule has 0 unspecified atom stereocenters. The maximum Gasteiger partial charge on any atom is 0.301 e. The predicted octanol–water partition coefficient (Wildman–Crippen LogP) is 5.51. The predicted molar refractivity (Wildman–Crippen MR) is 144 cm³/mol. The number of Topliss-reactive ketones (excluding diaryl/α,β-unsaturated/α-hetero) is 1. The molecule has 2 aliphatic heterocycles. The van der Waals surface area contributed by atoms with E-state index in [2.05, 4.69) is 10.2 Å². The molecule has 4 aromatic rings. The van der Waals surface area contributed by atoms with E-state index in [-0.39, 0.29) is 27.6 Å². The quantitative estimate of drug-likeness (QED) is 0.105. The molecule has 2 aliphatic rings. The van der Waals surface area contributed by atoms with Gasteiger partial charge in [-0.05, 0) is 42.0 Å². The third-order valence-corrected chi connectivity index (χ3v) is 8.46. The topological polar surface area (TPSA) is 102 Å². The number of ether oxygens (including phenoxy) is 2. The second kappa shape index (κ2) is 10.7. The summed E-state index contributed by atoms with van der Waals surface area (Å²) in [5, 5.41) is 19.6. The van der Waals surface area contributed by atoms with Gasteiger partial charge in [0.25, 0.3) is 5.78 Å². The number of hydrogen-bond acceptors (Lipinski definition) is 9. The molecule has 1 N–H and O–H groups in total. The number of benzene rings is 3. The third kappa shape index (κ3) is 4.80. The van der Waals surface area contributed by atoms with Crippen molar-refractivity contribution in [3.8, 4) is 11.5 Å². The second-order valence-electron chi connectivity index (χ2n) is 8.81. The molecule has 40 heavy (non-hydrogen) atoms. The van der Waals surface area contributed by atoms with Gasteiger partial charge in [-0.3, -0.25) is 14.5 Å². The lowest BCUT2D eigenvalue weighted by molar-refractivity contribution is -0.132. The summed E-state index contributed by atoms with van der Waals surface area (Å²) in [6, 6.07) is 15.1. The first-order valence-corrected chi connectivity index (χ1v) is 13.9. The van der Waals surface area contributed by atoms with Gasteiger partial charge in [0.2, 0.25) is 5.13 Å². The van der Waals surface area contributed by atoms with Crippen molar-refractivity contribution in [2.45, 2.75) is 16.1 Å². The Morgan fingerprint density at radius 3 is 2.52 bits per heavy atom. The van der Waals surface area contributed by atoms with Crippen LogP contribution in [-0.2, 0) is 15.3 Å². The molecule has 0 aliphatic carbocycles. The van der Waals surface area contributed by atoms with Crippen molar-refractivity contribution in [3.63, 3.8) is 0 Å². The Kier molecular flexibility index (Phi) is 6.95. The minimum atomic E-state index is -1.29. The van der Waals surface area contributed by atoms with Gasteiger partial charge in [0.05, 0.1) is 5.57 Å². The molecule has 202 valence electrons. The number of anilines is 1. The summed E-state index contributed by atoms with van der Waals surface area (Å²) in [6.07, 6.45) is 0. The normalized spacial score (nSPS) is 17.9. The van der Waals surface area contributed by atoms with Gasteiger partial charge in [-0.1, -0.05) is 53.4 Å². The van der Waals surface area contributed by atoms with Crippen LogP contribution in [0.25, 0.3) is 5.76 Å². The number of amides is 1. The number of ketones is 1. The van der Waals surface area contributed by atoms with Crippen molar-refractivity contribution in [2.24, 2.45) is 0 Å². The first-order valence-electron chi connectivity index (χ1n) is 12.1. The van der Waals surface area contributed by atoms with Crippen LogP contribution in [0.1, 0.15) is 22.7 Å². The van der Waals surface area contributed by atoms with Crippen LogP contribution in [0.4, 0.5) is 13.9 Å². The van der Waals surface area contributed by atoms with E-state index in [4.69, 9.17) is 9.47 Å². The molecule has 1 aromatic heterocycles. The van der Waals surface area contributed by atoms with Crippen molar-refractivity contribution in [1.29, 1.82) is 0 Å². The fourth-order valence-corrected chi connectivity index (χ4v) is 6.27. The summed E-state index contributed by atoms with van der Waals surface area (Å²) in [6.45, 7) is 0.693. The second-order valence-corrected chi connectivity index (χ2v) is 11.0. The lowest BCUT2D eigenvalue weighted by atomic mass is 9.95. The van der Waals surface area contributed by atoms with E-state index in [0.29, 0.717) is 34.8 Å². The Morgan fingerprint density at radius 1 is 1.00 bits per heavy atom. The molecule has 12 heteroatoms. The smallest absolute Gasteiger partial charge is 0.301 e. The number of hydrogen-bond donors (Lipinski definition) is 1. The molecule has 3 aromatic carbocycles. The number of carbonyl (C=O) groups excluding carboxylic acids is 2. The van der Waals surface area contributed by atoms with E-state index < -0.39 is 29.3 Å². The number of halogens is 2. The van der Waals surface area contributed by atoms with Crippen LogP contribution in [0.2, 0.25) is 0 Å². The molecule has 0 spiro atoms. The summed E-state index contributed by atoms with van der Waals surface area (Å²) in [4.78, 5) is 27.8. The highest BCUT2D eigenvalue weighted by atomic mass is 32.2. The zero-order valence-corrected chi connectivity index (χ0v) is 22.2. The highest BCUT2D eigenvalue weighted by molar-refractivity contribution is 8.00. The van der Waals surface area contributed by atoms with Gasteiger partial charge in [-0.25, -0.2) is 8.78 Å². The Labute approximate surface area is 234 Å². The average molecular weight is 580 g/mol. The first kappa shape index (κ1) is 26.0. The molecule has 6 rings (SSSR count). The zero-order valence-electron chi connectivity index (χ0n) is 20.5. The van der Waals surface area contributed by atoms with Crippen molar-refractivity contribution >= 4 is 45.7 Å².